The molecule has 1 unspecified atom stereocenters. The second kappa shape index (κ2) is 5.19. The molecule has 76 valence electrons. The number of rotatable bonds is 5. The molecule has 1 saturated heterocycles. The summed E-state index contributed by atoms with van der Waals surface area (Å²) in [5, 5.41) is 16.0. The molecule has 1 aliphatic heterocycles. The van der Waals surface area contributed by atoms with Crippen LogP contribution in [0.1, 0.15) is 19.3 Å². The van der Waals surface area contributed by atoms with Crippen LogP contribution in [0.4, 0.5) is 0 Å². The van der Waals surface area contributed by atoms with E-state index < -0.39 is 0 Å². The fraction of sp³-hybridized carbons (Fsp3) is 0.889. The molecule has 13 heavy (non-hydrogen) atoms. The van der Waals surface area contributed by atoms with Crippen molar-refractivity contribution < 1.29 is 5.11 Å². The average Bonchev–Trinajstić information content (AvgIpc) is 2.52. The maximum Gasteiger partial charge on any atom is 0.0905 e. The number of hydrogen-bond acceptors (Lipinski definition) is 3. The third-order valence-corrected chi connectivity index (χ3v) is 2.55. The lowest BCUT2D eigenvalue weighted by Gasteiger charge is -2.14. The highest BCUT2D eigenvalue weighted by Gasteiger charge is 2.20. The highest BCUT2D eigenvalue weighted by Crippen LogP contribution is 2.15. The van der Waals surface area contributed by atoms with Gasteiger partial charge in [0.15, 0.2) is 0 Å². The fourth-order valence-electron chi connectivity index (χ4n) is 1.76. The van der Waals surface area contributed by atoms with Crippen LogP contribution in [-0.4, -0.2) is 42.1 Å². The summed E-state index contributed by atoms with van der Waals surface area (Å²) in [4.78, 5) is 2.34. The number of amidine groups is 1. The first-order valence-corrected chi connectivity index (χ1v) is 4.88. The molecular weight excluding hydrogens is 166 g/mol. The molecule has 1 heterocycles. The molecule has 1 rings (SSSR count). The number of aliphatic hydroxyl groups is 1. The molecule has 4 nitrogen and oxygen atoms in total. The molecular formula is C9H19N3O. The first kappa shape index (κ1) is 10.5. The molecule has 1 aliphatic rings. The molecule has 0 aliphatic carbocycles. The van der Waals surface area contributed by atoms with E-state index in [1.807, 2.05) is 0 Å². The zero-order chi connectivity index (χ0) is 9.68. The topological polar surface area (TPSA) is 73.3 Å². The molecule has 0 bridgehead atoms. The number of hydrogen-bond donors (Lipinski definition) is 3. The first-order valence-electron chi connectivity index (χ1n) is 4.88. The normalized spacial score (nSPS) is 23.6. The summed E-state index contributed by atoms with van der Waals surface area (Å²) in [5.41, 5.74) is 5.26. The predicted molar refractivity (Wildman–Crippen MR) is 52.8 cm³/mol. The van der Waals surface area contributed by atoms with Crippen LogP contribution in [0.15, 0.2) is 0 Å². The van der Waals surface area contributed by atoms with Crippen molar-refractivity contribution in [2.75, 3.05) is 26.2 Å². The van der Waals surface area contributed by atoms with E-state index in [4.69, 9.17) is 16.2 Å². The summed E-state index contributed by atoms with van der Waals surface area (Å²) in [7, 11) is 0. The lowest BCUT2D eigenvalue weighted by Crippen LogP contribution is -2.23. The minimum Gasteiger partial charge on any atom is -0.396 e. The first-order chi connectivity index (χ1) is 6.22. The van der Waals surface area contributed by atoms with Gasteiger partial charge >= 0.3 is 0 Å². The molecule has 0 aromatic carbocycles. The molecule has 0 aromatic heterocycles. The number of aliphatic hydroxyl groups excluding tert-OH is 1. The van der Waals surface area contributed by atoms with E-state index in [0.717, 1.165) is 32.5 Å². The summed E-state index contributed by atoms with van der Waals surface area (Å²) in [6.07, 6.45) is 2.77. The van der Waals surface area contributed by atoms with E-state index in [2.05, 4.69) is 4.90 Å². The van der Waals surface area contributed by atoms with Gasteiger partial charge in [0.2, 0.25) is 0 Å². The van der Waals surface area contributed by atoms with Crippen LogP contribution in [0.3, 0.4) is 0 Å². The van der Waals surface area contributed by atoms with Gasteiger partial charge in [0.1, 0.15) is 0 Å². The summed E-state index contributed by atoms with van der Waals surface area (Å²) < 4.78 is 0. The van der Waals surface area contributed by atoms with Crippen molar-refractivity contribution >= 4 is 5.84 Å². The van der Waals surface area contributed by atoms with Crippen molar-refractivity contribution in [3.05, 3.63) is 0 Å². The van der Waals surface area contributed by atoms with Gasteiger partial charge in [0.05, 0.1) is 5.84 Å². The summed E-state index contributed by atoms with van der Waals surface area (Å²) >= 11 is 0. The summed E-state index contributed by atoms with van der Waals surface area (Å²) in [6.45, 7) is 3.41. The Morgan fingerprint density at radius 1 is 1.62 bits per heavy atom. The third kappa shape index (κ3) is 3.74. The van der Waals surface area contributed by atoms with Crippen molar-refractivity contribution in [1.82, 2.24) is 4.90 Å². The van der Waals surface area contributed by atoms with Gasteiger partial charge in [0, 0.05) is 19.6 Å². The molecule has 0 spiro atoms. The number of nitrogens with zero attached hydrogens (tertiary/aromatic N) is 1. The van der Waals surface area contributed by atoms with E-state index in [0.29, 0.717) is 18.9 Å². The number of likely N-dealkylation sites (tertiary alicyclic amines) is 1. The van der Waals surface area contributed by atoms with E-state index in [9.17, 15) is 0 Å². The summed E-state index contributed by atoms with van der Waals surface area (Å²) in [5.74, 6) is 0.746. The van der Waals surface area contributed by atoms with Crippen LogP contribution >= 0.6 is 0 Å². The van der Waals surface area contributed by atoms with E-state index in [1.54, 1.807) is 0 Å². The van der Waals surface area contributed by atoms with E-state index in [-0.39, 0.29) is 5.84 Å². The van der Waals surface area contributed by atoms with Crippen LogP contribution in [0, 0.1) is 11.3 Å². The Morgan fingerprint density at radius 2 is 2.38 bits per heavy atom. The Hall–Kier alpha value is -0.610. The van der Waals surface area contributed by atoms with Gasteiger partial charge in [0.25, 0.3) is 0 Å². The van der Waals surface area contributed by atoms with Crippen LogP contribution in [0.25, 0.3) is 0 Å². The molecule has 0 amide bonds. The van der Waals surface area contributed by atoms with Crippen molar-refractivity contribution in [2.45, 2.75) is 19.3 Å². The maximum absolute atomic E-state index is 8.92. The Balaban J connectivity index is 2.07. The number of nitrogens with one attached hydrogen (secondary N) is 1. The van der Waals surface area contributed by atoms with Gasteiger partial charge in [-0.3, -0.25) is 5.41 Å². The molecule has 4 heteroatoms. The number of nitrogens with two attached hydrogens (primary N) is 1. The van der Waals surface area contributed by atoms with Gasteiger partial charge in [-0.25, -0.2) is 0 Å². The average molecular weight is 185 g/mol. The van der Waals surface area contributed by atoms with Crippen LogP contribution in [0.2, 0.25) is 0 Å². The van der Waals surface area contributed by atoms with Crippen molar-refractivity contribution in [2.24, 2.45) is 11.7 Å². The van der Waals surface area contributed by atoms with Crippen molar-refractivity contribution in [3.63, 3.8) is 0 Å². The van der Waals surface area contributed by atoms with Gasteiger partial charge in [-0.15, -0.1) is 0 Å². The minimum absolute atomic E-state index is 0.276. The van der Waals surface area contributed by atoms with E-state index >= 15 is 0 Å². The lowest BCUT2D eigenvalue weighted by atomic mass is 10.1. The molecule has 0 saturated carbocycles. The van der Waals surface area contributed by atoms with Gasteiger partial charge < -0.3 is 15.7 Å². The van der Waals surface area contributed by atoms with Gasteiger partial charge in [-0.2, -0.15) is 0 Å². The Labute approximate surface area is 79.2 Å². The fourth-order valence-corrected chi connectivity index (χ4v) is 1.76. The van der Waals surface area contributed by atoms with Crippen LogP contribution in [0.5, 0.6) is 0 Å². The summed E-state index contributed by atoms with van der Waals surface area (Å²) in [6, 6.07) is 0. The second-order valence-electron chi connectivity index (χ2n) is 3.77. The zero-order valence-electron chi connectivity index (χ0n) is 8.00. The van der Waals surface area contributed by atoms with E-state index in [1.165, 1.54) is 0 Å². The SMILES string of the molecule is N=C(N)CCCN1CCC(CO)C1. The standard InChI is InChI=1S/C9H19N3O/c10-9(11)2-1-4-12-5-3-8(6-12)7-13/h8,13H,1-7H2,(H3,10,11). The lowest BCUT2D eigenvalue weighted by molar-refractivity contribution is 0.221. The van der Waals surface area contributed by atoms with Gasteiger partial charge in [-0.05, 0) is 31.8 Å². The monoisotopic (exact) mass is 185 g/mol. The maximum atomic E-state index is 8.92. The van der Waals surface area contributed by atoms with Crippen LogP contribution < -0.4 is 5.73 Å². The molecule has 1 fully saturated rings. The molecule has 4 N–H and O–H groups in total. The molecule has 0 radical (unpaired) electrons. The predicted octanol–water partition coefficient (Wildman–Crippen LogP) is 0.0168. The Bertz CT molecular complexity index is 172. The van der Waals surface area contributed by atoms with Gasteiger partial charge in [-0.1, -0.05) is 0 Å². The largest absolute Gasteiger partial charge is 0.396 e. The second-order valence-corrected chi connectivity index (χ2v) is 3.77. The smallest absolute Gasteiger partial charge is 0.0905 e. The third-order valence-electron chi connectivity index (χ3n) is 2.55. The zero-order valence-corrected chi connectivity index (χ0v) is 8.00. The van der Waals surface area contributed by atoms with Crippen molar-refractivity contribution in [3.8, 4) is 0 Å². The molecule has 1 atom stereocenters. The highest BCUT2D eigenvalue weighted by atomic mass is 16.3. The highest BCUT2D eigenvalue weighted by molar-refractivity contribution is 5.76. The minimum atomic E-state index is 0.276. The Morgan fingerprint density at radius 3 is 2.92 bits per heavy atom. The Kier molecular flexibility index (Phi) is 4.18. The van der Waals surface area contributed by atoms with Crippen LogP contribution in [-0.2, 0) is 0 Å². The quantitative estimate of drug-likeness (QED) is 0.417. The van der Waals surface area contributed by atoms with Crippen molar-refractivity contribution in [1.29, 1.82) is 5.41 Å². The molecule has 0 aromatic rings.